The van der Waals surface area contributed by atoms with Crippen LogP contribution in [0.2, 0.25) is 0 Å². The van der Waals surface area contributed by atoms with Crippen molar-refractivity contribution in [2.75, 3.05) is 27.7 Å². The second-order valence-corrected chi connectivity index (χ2v) is 3.69. The summed E-state index contributed by atoms with van der Waals surface area (Å²) >= 11 is 0. The van der Waals surface area contributed by atoms with Crippen molar-refractivity contribution in [2.45, 2.75) is 13.0 Å². The van der Waals surface area contributed by atoms with E-state index < -0.39 is 11.9 Å². The van der Waals surface area contributed by atoms with Crippen LogP contribution in [0.1, 0.15) is 6.92 Å². The minimum absolute atomic E-state index is 0.219. The van der Waals surface area contributed by atoms with Crippen LogP contribution >= 0.6 is 0 Å². The van der Waals surface area contributed by atoms with Gasteiger partial charge in [0.05, 0.1) is 0 Å². The first-order valence-corrected chi connectivity index (χ1v) is 4.73. The maximum atomic E-state index is 11.5. The Bertz CT molecular complexity index is 261. The second-order valence-electron chi connectivity index (χ2n) is 3.69. The largest absolute Gasteiger partial charge is 0.368 e. The lowest BCUT2D eigenvalue weighted by atomic mass is 10.3. The van der Waals surface area contributed by atoms with Crippen LogP contribution < -0.4 is 5.73 Å². The molecule has 5 nitrogen and oxygen atoms in total. The number of primary amides is 1. The van der Waals surface area contributed by atoms with E-state index in [1.54, 1.807) is 20.0 Å². The lowest BCUT2D eigenvalue weighted by molar-refractivity contribution is -0.133. The van der Waals surface area contributed by atoms with Gasteiger partial charge in [-0.25, -0.2) is 0 Å². The number of rotatable bonds is 5. The lowest BCUT2D eigenvalue weighted by Gasteiger charge is -2.20. The van der Waals surface area contributed by atoms with Gasteiger partial charge in [-0.05, 0) is 21.0 Å². The summed E-state index contributed by atoms with van der Waals surface area (Å²) in [5.41, 5.74) is 5.09. The highest BCUT2D eigenvalue weighted by Gasteiger charge is 2.17. The molecule has 0 rings (SSSR count). The molecule has 0 aliphatic carbocycles. The van der Waals surface area contributed by atoms with E-state index in [1.807, 2.05) is 19.0 Å². The molecule has 0 saturated carbocycles. The van der Waals surface area contributed by atoms with Crippen LogP contribution in [0.25, 0.3) is 0 Å². The fourth-order valence-corrected chi connectivity index (χ4v) is 0.864. The summed E-state index contributed by atoms with van der Waals surface area (Å²) in [4.78, 5) is 25.6. The molecule has 0 radical (unpaired) electrons. The zero-order chi connectivity index (χ0) is 12.0. The van der Waals surface area contributed by atoms with Gasteiger partial charge in [-0.3, -0.25) is 9.59 Å². The van der Waals surface area contributed by atoms with Crippen LogP contribution in [-0.4, -0.2) is 55.3 Å². The van der Waals surface area contributed by atoms with E-state index >= 15 is 0 Å². The Labute approximate surface area is 90.5 Å². The normalized spacial score (nSPS) is 13.1. The maximum Gasteiger partial charge on any atom is 0.246 e. The fourth-order valence-electron chi connectivity index (χ4n) is 0.864. The molecular weight excluding hydrogens is 194 g/mol. The summed E-state index contributed by atoms with van der Waals surface area (Å²) in [5, 5.41) is 0. The Morgan fingerprint density at radius 3 is 2.27 bits per heavy atom. The fraction of sp³-hybridized carbons (Fsp3) is 0.600. The Morgan fingerprint density at radius 2 is 1.87 bits per heavy atom. The SMILES string of the molecule is C[C@@H](C(N)=O)N(C)C(=O)/C=C/CN(C)C. The van der Waals surface area contributed by atoms with Gasteiger partial charge in [-0.15, -0.1) is 0 Å². The third-order valence-electron chi connectivity index (χ3n) is 2.07. The number of hydrogen-bond donors (Lipinski definition) is 1. The highest BCUT2D eigenvalue weighted by Crippen LogP contribution is 1.96. The molecule has 86 valence electrons. The molecule has 0 aromatic carbocycles. The predicted octanol–water partition coefficient (Wildman–Crippen LogP) is -0.564. The van der Waals surface area contributed by atoms with E-state index in [0.717, 1.165) is 0 Å². The van der Waals surface area contributed by atoms with Gasteiger partial charge in [0.15, 0.2) is 0 Å². The van der Waals surface area contributed by atoms with Crippen molar-refractivity contribution in [1.82, 2.24) is 9.80 Å². The predicted molar refractivity (Wildman–Crippen MR) is 59.1 cm³/mol. The van der Waals surface area contributed by atoms with Gasteiger partial charge >= 0.3 is 0 Å². The molecule has 2 N–H and O–H groups in total. The van der Waals surface area contributed by atoms with Crippen LogP contribution in [0.15, 0.2) is 12.2 Å². The van der Waals surface area contributed by atoms with E-state index in [9.17, 15) is 9.59 Å². The van der Waals surface area contributed by atoms with Gasteiger partial charge < -0.3 is 15.5 Å². The second kappa shape index (κ2) is 6.19. The van der Waals surface area contributed by atoms with E-state index in [0.29, 0.717) is 6.54 Å². The van der Waals surface area contributed by atoms with E-state index in [2.05, 4.69) is 0 Å². The van der Waals surface area contributed by atoms with Gasteiger partial charge in [0, 0.05) is 19.7 Å². The number of carbonyl (C=O) groups excluding carboxylic acids is 2. The molecular formula is C10H19N3O2. The highest BCUT2D eigenvalue weighted by atomic mass is 16.2. The molecule has 0 fully saturated rings. The molecule has 15 heavy (non-hydrogen) atoms. The van der Waals surface area contributed by atoms with Gasteiger partial charge in [-0.2, -0.15) is 0 Å². The highest BCUT2D eigenvalue weighted by molar-refractivity contribution is 5.92. The van der Waals surface area contributed by atoms with Crippen molar-refractivity contribution in [3.8, 4) is 0 Å². The van der Waals surface area contributed by atoms with Crippen LogP contribution in [0.4, 0.5) is 0 Å². The molecule has 0 aliphatic heterocycles. The summed E-state index contributed by atoms with van der Waals surface area (Å²) in [7, 11) is 5.37. The van der Waals surface area contributed by atoms with Crippen molar-refractivity contribution in [3.63, 3.8) is 0 Å². The average molecular weight is 213 g/mol. The third-order valence-corrected chi connectivity index (χ3v) is 2.07. The summed E-state index contributed by atoms with van der Waals surface area (Å²) < 4.78 is 0. The summed E-state index contributed by atoms with van der Waals surface area (Å²) in [6, 6.07) is -0.582. The van der Waals surface area contributed by atoms with Gasteiger partial charge in [-0.1, -0.05) is 6.08 Å². The summed E-state index contributed by atoms with van der Waals surface area (Å²) in [6.45, 7) is 2.28. The van der Waals surface area contributed by atoms with Crippen LogP contribution in [0.5, 0.6) is 0 Å². The molecule has 0 unspecified atom stereocenters. The summed E-state index contributed by atoms with van der Waals surface area (Å²) in [6.07, 6.45) is 3.19. The van der Waals surface area contributed by atoms with E-state index in [4.69, 9.17) is 5.73 Å². The number of nitrogens with two attached hydrogens (primary N) is 1. The standard InChI is InChI=1S/C10H19N3O2/c1-8(10(11)15)13(4)9(14)6-5-7-12(2)3/h5-6,8H,7H2,1-4H3,(H2,11,15)/b6-5+/t8-/m0/s1. The van der Waals surface area contributed by atoms with Crippen LogP contribution in [0.3, 0.4) is 0 Å². The Kier molecular flexibility index (Phi) is 5.62. The zero-order valence-corrected chi connectivity index (χ0v) is 9.73. The molecule has 0 aliphatic rings. The van der Waals surface area contributed by atoms with Gasteiger partial charge in [0.1, 0.15) is 6.04 Å². The molecule has 0 aromatic rings. The minimum atomic E-state index is -0.582. The molecule has 0 spiro atoms. The lowest BCUT2D eigenvalue weighted by Crippen LogP contribution is -2.43. The number of hydrogen-bond acceptors (Lipinski definition) is 3. The first-order valence-electron chi connectivity index (χ1n) is 4.73. The molecule has 1 atom stereocenters. The maximum absolute atomic E-state index is 11.5. The Balaban J connectivity index is 4.21. The molecule has 5 heteroatoms. The van der Waals surface area contributed by atoms with Crippen molar-refractivity contribution in [2.24, 2.45) is 5.73 Å². The molecule has 0 saturated heterocycles. The Morgan fingerprint density at radius 1 is 1.33 bits per heavy atom. The quantitative estimate of drug-likeness (QED) is 0.622. The number of likely N-dealkylation sites (N-methyl/N-ethyl adjacent to an activating group) is 2. The third kappa shape index (κ3) is 5.17. The topological polar surface area (TPSA) is 66.6 Å². The van der Waals surface area contributed by atoms with Gasteiger partial charge in [0.25, 0.3) is 0 Å². The van der Waals surface area contributed by atoms with Gasteiger partial charge in [0.2, 0.25) is 11.8 Å². The van der Waals surface area contributed by atoms with Crippen molar-refractivity contribution in [3.05, 3.63) is 12.2 Å². The number of amides is 2. The molecule has 0 heterocycles. The van der Waals surface area contributed by atoms with Crippen LogP contribution in [-0.2, 0) is 9.59 Å². The number of carbonyl (C=O) groups is 2. The molecule has 2 amide bonds. The first-order chi connectivity index (χ1) is 6.86. The Hall–Kier alpha value is -1.36. The van der Waals surface area contributed by atoms with Crippen LogP contribution in [0, 0.1) is 0 Å². The van der Waals surface area contributed by atoms with E-state index in [-0.39, 0.29) is 5.91 Å². The number of nitrogens with zero attached hydrogens (tertiary/aromatic N) is 2. The summed E-state index contributed by atoms with van der Waals surface area (Å²) in [5.74, 6) is -0.727. The van der Waals surface area contributed by atoms with Crippen molar-refractivity contribution in [1.29, 1.82) is 0 Å². The minimum Gasteiger partial charge on any atom is -0.368 e. The average Bonchev–Trinajstić information content (AvgIpc) is 2.14. The molecule has 0 aromatic heterocycles. The first kappa shape index (κ1) is 13.6. The monoisotopic (exact) mass is 213 g/mol. The zero-order valence-electron chi connectivity index (χ0n) is 9.73. The van der Waals surface area contributed by atoms with E-state index in [1.165, 1.54) is 11.0 Å². The smallest absolute Gasteiger partial charge is 0.246 e. The van der Waals surface area contributed by atoms with Crippen molar-refractivity contribution < 1.29 is 9.59 Å². The van der Waals surface area contributed by atoms with Crippen molar-refractivity contribution >= 4 is 11.8 Å². The molecule has 0 bridgehead atoms.